The zero-order valence-electron chi connectivity index (χ0n) is 13.3. The van der Waals surface area contributed by atoms with Crippen LogP contribution in [-0.2, 0) is 4.79 Å². The molecular weight excluding hydrogens is 292 g/mol. The van der Waals surface area contributed by atoms with E-state index in [0.717, 1.165) is 18.5 Å². The zero-order chi connectivity index (χ0) is 16.2. The van der Waals surface area contributed by atoms with E-state index in [2.05, 4.69) is 22.8 Å². The van der Waals surface area contributed by atoms with E-state index < -0.39 is 5.97 Å². The van der Waals surface area contributed by atoms with E-state index in [4.69, 9.17) is 5.11 Å². The topological polar surface area (TPSA) is 78.4 Å². The first-order valence-electron chi connectivity index (χ1n) is 8.52. The van der Waals surface area contributed by atoms with Crippen LogP contribution in [0.15, 0.2) is 24.3 Å². The summed E-state index contributed by atoms with van der Waals surface area (Å²) in [5.41, 5.74) is 2.15. The lowest BCUT2D eigenvalue weighted by atomic mass is 9.80. The standard InChI is InChI=1S/C18H24N2O3/c21-17(22)14-6-10-16(11-7-14)20-18(23)19-15-8-4-13(5-9-15)12-2-1-3-12/h4-5,8-9,12,14,16H,1-3,6-7,10-11H2,(H,21,22)(H2,19,20,23). The Balaban J connectivity index is 1.45. The maximum Gasteiger partial charge on any atom is 0.319 e. The highest BCUT2D eigenvalue weighted by Crippen LogP contribution is 2.36. The fraction of sp³-hybridized carbons (Fsp3) is 0.556. The molecule has 0 saturated heterocycles. The van der Waals surface area contributed by atoms with Crippen LogP contribution in [0.4, 0.5) is 10.5 Å². The Kier molecular flexibility index (Phi) is 4.84. The fourth-order valence-corrected chi connectivity index (χ4v) is 3.42. The molecule has 3 rings (SSSR count). The minimum atomic E-state index is -0.723. The lowest BCUT2D eigenvalue weighted by Gasteiger charge is -2.27. The average Bonchev–Trinajstić information content (AvgIpc) is 2.48. The summed E-state index contributed by atoms with van der Waals surface area (Å²) in [5.74, 6) is -0.281. The molecule has 0 spiro atoms. The van der Waals surface area contributed by atoms with Crippen LogP contribution in [0.3, 0.4) is 0 Å². The second kappa shape index (κ2) is 7.02. The quantitative estimate of drug-likeness (QED) is 0.792. The van der Waals surface area contributed by atoms with Gasteiger partial charge in [-0.15, -0.1) is 0 Å². The van der Waals surface area contributed by atoms with Crippen LogP contribution in [-0.4, -0.2) is 23.1 Å². The molecule has 0 aromatic heterocycles. The predicted molar refractivity (Wildman–Crippen MR) is 88.6 cm³/mol. The Labute approximate surface area is 136 Å². The molecule has 124 valence electrons. The largest absolute Gasteiger partial charge is 0.481 e. The maximum absolute atomic E-state index is 12.0. The highest BCUT2D eigenvalue weighted by atomic mass is 16.4. The van der Waals surface area contributed by atoms with Crippen molar-refractivity contribution < 1.29 is 14.7 Å². The van der Waals surface area contributed by atoms with Gasteiger partial charge in [0.05, 0.1) is 5.92 Å². The second-order valence-electron chi connectivity index (χ2n) is 6.74. The molecule has 2 fully saturated rings. The first-order valence-corrected chi connectivity index (χ1v) is 8.52. The number of carbonyl (C=O) groups is 2. The number of aliphatic carboxylic acids is 1. The third-order valence-electron chi connectivity index (χ3n) is 5.16. The summed E-state index contributed by atoms with van der Waals surface area (Å²) in [6, 6.07) is 7.96. The van der Waals surface area contributed by atoms with E-state index in [1.54, 1.807) is 0 Å². The summed E-state index contributed by atoms with van der Waals surface area (Å²) in [6.07, 6.45) is 6.58. The van der Waals surface area contributed by atoms with Crippen molar-refractivity contribution in [2.45, 2.75) is 56.9 Å². The summed E-state index contributed by atoms with van der Waals surface area (Å²) >= 11 is 0. The number of carboxylic acid groups (broad SMARTS) is 1. The van der Waals surface area contributed by atoms with Crippen LogP contribution in [0.2, 0.25) is 0 Å². The summed E-state index contributed by atoms with van der Waals surface area (Å²) in [7, 11) is 0. The van der Waals surface area contributed by atoms with Gasteiger partial charge < -0.3 is 15.7 Å². The highest BCUT2D eigenvalue weighted by molar-refractivity contribution is 5.89. The second-order valence-corrected chi connectivity index (χ2v) is 6.74. The molecule has 2 saturated carbocycles. The lowest BCUT2D eigenvalue weighted by Crippen LogP contribution is -2.40. The van der Waals surface area contributed by atoms with Crippen LogP contribution in [0.1, 0.15) is 56.4 Å². The summed E-state index contributed by atoms with van der Waals surface area (Å²) in [6.45, 7) is 0. The molecule has 2 amide bonds. The molecule has 23 heavy (non-hydrogen) atoms. The van der Waals surface area contributed by atoms with E-state index in [9.17, 15) is 9.59 Å². The Hall–Kier alpha value is -2.04. The number of urea groups is 1. The number of hydrogen-bond donors (Lipinski definition) is 3. The van der Waals surface area contributed by atoms with Crippen molar-refractivity contribution in [1.82, 2.24) is 5.32 Å². The molecule has 3 N–H and O–H groups in total. The van der Waals surface area contributed by atoms with Gasteiger partial charge in [-0.05, 0) is 62.1 Å². The van der Waals surface area contributed by atoms with Crippen LogP contribution in [0.25, 0.3) is 0 Å². The third-order valence-corrected chi connectivity index (χ3v) is 5.16. The average molecular weight is 316 g/mol. The number of anilines is 1. The van der Waals surface area contributed by atoms with Crippen LogP contribution < -0.4 is 10.6 Å². The van der Waals surface area contributed by atoms with Gasteiger partial charge in [-0.1, -0.05) is 18.6 Å². The SMILES string of the molecule is O=C(Nc1ccc(C2CCC2)cc1)NC1CCC(C(=O)O)CC1. The Morgan fingerprint density at radius 3 is 2.13 bits per heavy atom. The molecule has 5 heteroatoms. The molecule has 1 aromatic rings. The number of benzene rings is 1. The van der Waals surface area contributed by atoms with Crippen molar-refractivity contribution in [1.29, 1.82) is 0 Å². The minimum absolute atomic E-state index is 0.0693. The molecular formula is C18H24N2O3. The van der Waals surface area contributed by atoms with Gasteiger partial charge in [0.25, 0.3) is 0 Å². The van der Waals surface area contributed by atoms with Gasteiger partial charge in [0.2, 0.25) is 0 Å². The van der Waals surface area contributed by atoms with E-state index in [1.807, 2.05) is 12.1 Å². The molecule has 1 aromatic carbocycles. The first kappa shape index (κ1) is 15.8. The summed E-state index contributed by atoms with van der Waals surface area (Å²) in [4.78, 5) is 23.0. The van der Waals surface area contributed by atoms with Crippen LogP contribution >= 0.6 is 0 Å². The van der Waals surface area contributed by atoms with Crippen molar-refractivity contribution in [3.8, 4) is 0 Å². The first-order chi connectivity index (χ1) is 11.1. The molecule has 0 bridgehead atoms. The Morgan fingerprint density at radius 2 is 1.61 bits per heavy atom. The Morgan fingerprint density at radius 1 is 0.957 bits per heavy atom. The number of rotatable bonds is 4. The molecule has 0 unspecified atom stereocenters. The van der Waals surface area contributed by atoms with Crippen molar-refractivity contribution in [3.05, 3.63) is 29.8 Å². The number of nitrogens with one attached hydrogen (secondary N) is 2. The molecule has 0 radical (unpaired) electrons. The van der Waals surface area contributed by atoms with E-state index >= 15 is 0 Å². The number of amides is 2. The van der Waals surface area contributed by atoms with Gasteiger partial charge in [-0.25, -0.2) is 4.79 Å². The third kappa shape index (κ3) is 4.03. The van der Waals surface area contributed by atoms with Gasteiger partial charge in [0.1, 0.15) is 0 Å². The summed E-state index contributed by atoms with van der Waals surface area (Å²) in [5, 5.41) is 14.8. The van der Waals surface area contributed by atoms with Crippen LogP contribution in [0.5, 0.6) is 0 Å². The molecule has 0 heterocycles. The van der Waals surface area contributed by atoms with Gasteiger partial charge in [-0.2, -0.15) is 0 Å². The smallest absolute Gasteiger partial charge is 0.319 e. The minimum Gasteiger partial charge on any atom is -0.481 e. The van der Waals surface area contributed by atoms with Crippen molar-refractivity contribution in [2.75, 3.05) is 5.32 Å². The van der Waals surface area contributed by atoms with E-state index in [-0.39, 0.29) is 18.0 Å². The normalized spacial score (nSPS) is 24.5. The van der Waals surface area contributed by atoms with Gasteiger partial charge in [0, 0.05) is 11.7 Å². The van der Waals surface area contributed by atoms with Gasteiger partial charge >= 0.3 is 12.0 Å². The molecule has 0 atom stereocenters. The van der Waals surface area contributed by atoms with Crippen molar-refractivity contribution in [3.63, 3.8) is 0 Å². The molecule has 0 aliphatic heterocycles. The van der Waals surface area contributed by atoms with Crippen LogP contribution in [0, 0.1) is 5.92 Å². The predicted octanol–water partition coefficient (Wildman–Crippen LogP) is 3.72. The highest BCUT2D eigenvalue weighted by Gasteiger charge is 2.26. The maximum atomic E-state index is 12.0. The lowest BCUT2D eigenvalue weighted by molar-refractivity contribution is -0.142. The Bertz CT molecular complexity index is 558. The van der Waals surface area contributed by atoms with E-state index in [0.29, 0.717) is 18.8 Å². The zero-order valence-corrected chi connectivity index (χ0v) is 13.3. The van der Waals surface area contributed by atoms with Gasteiger partial charge in [-0.3, -0.25) is 4.79 Å². The van der Waals surface area contributed by atoms with E-state index in [1.165, 1.54) is 24.8 Å². The molecule has 2 aliphatic carbocycles. The van der Waals surface area contributed by atoms with Crippen molar-refractivity contribution in [2.24, 2.45) is 5.92 Å². The summed E-state index contributed by atoms with van der Waals surface area (Å²) < 4.78 is 0. The number of carbonyl (C=O) groups excluding carboxylic acids is 1. The van der Waals surface area contributed by atoms with Crippen molar-refractivity contribution >= 4 is 17.7 Å². The molecule has 2 aliphatic rings. The number of carboxylic acids is 1. The monoisotopic (exact) mass is 316 g/mol. The number of hydrogen-bond acceptors (Lipinski definition) is 2. The van der Waals surface area contributed by atoms with Gasteiger partial charge in [0.15, 0.2) is 0 Å². The molecule has 5 nitrogen and oxygen atoms in total. The fourth-order valence-electron chi connectivity index (χ4n) is 3.42.